The van der Waals surface area contributed by atoms with Crippen molar-refractivity contribution in [3.8, 4) is 0 Å². The molecule has 0 aromatic heterocycles. The molecule has 4 fully saturated rings. The molecule has 4 rings (SSSR count). The van der Waals surface area contributed by atoms with E-state index in [4.69, 9.17) is 14.2 Å². The Hall–Kier alpha value is -0.610. The number of rotatable bonds is 0. The molecule has 0 aromatic carbocycles. The number of hydrogen-bond acceptors (Lipinski definition) is 4. The Morgan fingerprint density at radius 2 is 1.89 bits per heavy atom. The first-order valence-electron chi connectivity index (χ1n) is 7.47. The SMILES string of the molecule is C[C@@H]1C(=O)O[C@@H]2C[C@]3(C)O[C@@H]3CC[C@@]3(C)O[C@H]3C[C@@H]12. The monoisotopic (exact) mass is 266 g/mol. The van der Waals surface area contributed by atoms with Crippen molar-refractivity contribution in [2.24, 2.45) is 11.8 Å². The van der Waals surface area contributed by atoms with Crippen LogP contribution in [-0.2, 0) is 19.0 Å². The number of ether oxygens (including phenoxy) is 3. The van der Waals surface area contributed by atoms with Crippen molar-refractivity contribution in [2.75, 3.05) is 0 Å². The predicted octanol–water partition coefficient (Wildman–Crippen LogP) is 2.05. The average molecular weight is 266 g/mol. The molecule has 3 saturated heterocycles. The van der Waals surface area contributed by atoms with E-state index in [1.807, 2.05) is 6.92 Å². The molecule has 0 radical (unpaired) electrons. The number of epoxide rings is 2. The summed E-state index contributed by atoms with van der Waals surface area (Å²) in [5.41, 5.74) is -0.0640. The molecule has 0 bridgehead atoms. The van der Waals surface area contributed by atoms with Crippen LogP contribution in [-0.4, -0.2) is 35.5 Å². The number of hydrogen-bond donors (Lipinski definition) is 0. The summed E-state index contributed by atoms with van der Waals surface area (Å²) in [5, 5.41) is 0. The normalized spacial score (nSPS) is 59.5. The summed E-state index contributed by atoms with van der Waals surface area (Å²) < 4.78 is 17.4. The van der Waals surface area contributed by atoms with E-state index in [-0.39, 0.29) is 29.2 Å². The second-order valence-electron chi connectivity index (χ2n) is 7.24. The molecule has 4 heteroatoms. The summed E-state index contributed by atoms with van der Waals surface area (Å²) in [6.07, 6.45) is 4.58. The van der Waals surface area contributed by atoms with Crippen molar-refractivity contribution in [3.05, 3.63) is 0 Å². The van der Waals surface area contributed by atoms with E-state index in [1.165, 1.54) is 0 Å². The van der Waals surface area contributed by atoms with Crippen molar-refractivity contribution in [1.82, 2.24) is 0 Å². The second-order valence-corrected chi connectivity index (χ2v) is 7.24. The summed E-state index contributed by atoms with van der Waals surface area (Å²) in [6.45, 7) is 6.34. The molecule has 7 atom stereocenters. The maximum absolute atomic E-state index is 11.9. The number of carbonyl (C=O) groups is 1. The lowest BCUT2D eigenvalue weighted by molar-refractivity contribution is -0.144. The third kappa shape index (κ3) is 1.76. The fraction of sp³-hybridized carbons (Fsp3) is 0.933. The highest BCUT2D eigenvalue weighted by molar-refractivity contribution is 5.74. The molecule has 1 aliphatic carbocycles. The Labute approximate surface area is 113 Å². The molecular formula is C15H22O4. The predicted molar refractivity (Wildman–Crippen MR) is 67.6 cm³/mol. The zero-order valence-electron chi connectivity index (χ0n) is 11.8. The highest BCUT2D eigenvalue weighted by Gasteiger charge is 2.62. The minimum atomic E-state index is -0.0780. The summed E-state index contributed by atoms with van der Waals surface area (Å²) in [7, 11) is 0. The summed E-state index contributed by atoms with van der Waals surface area (Å²) in [4.78, 5) is 11.9. The van der Waals surface area contributed by atoms with Gasteiger partial charge in [-0.25, -0.2) is 0 Å². The van der Waals surface area contributed by atoms with Crippen LogP contribution in [0.2, 0.25) is 0 Å². The summed E-state index contributed by atoms with van der Waals surface area (Å²) >= 11 is 0. The highest BCUT2D eigenvalue weighted by atomic mass is 16.6. The third-order valence-corrected chi connectivity index (χ3v) is 5.83. The van der Waals surface area contributed by atoms with Gasteiger partial charge in [0.2, 0.25) is 0 Å². The molecule has 0 amide bonds. The van der Waals surface area contributed by atoms with Crippen LogP contribution >= 0.6 is 0 Å². The quantitative estimate of drug-likeness (QED) is 0.497. The zero-order valence-corrected chi connectivity index (χ0v) is 11.8. The largest absolute Gasteiger partial charge is 0.462 e. The van der Waals surface area contributed by atoms with Crippen LogP contribution in [0.15, 0.2) is 0 Å². The van der Waals surface area contributed by atoms with Gasteiger partial charge in [0.25, 0.3) is 0 Å². The topological polar surface area (TPSA) is 51.4 Å². The van der Waals surface area contributed by atoms with Crippen LogP contribution in [0.25, 0.3) is 0 Å². The third-order valence-electron chi connectivity index (χ3n) is 5.83. The van der Waals surface area contributed by atoms with Crippen LogP contribution in [0.1, 0.15) is 46.5 Å². The van der Waals surface area contributed by atoms with Crippen LogP contribution in [0, 0.1) is 11.8 Å². The van der Waals surface area contributed by atoms with E-state index in [0.29, 0.717) is 18.1 Å². The van der Waals surface area contributed by atoms with Crippen LogP contribution in [0.4, 0.5) is 0 Å². The fourth-order valence-corrected chi connectivity index (χ4v) is 4.10. The molecule has 0 spiro atoms. The van der Waals surface area contributed by atoms with Gasteiger partial charge in [-0.2, -0.15) is 0 Å². The van der Waals surface area contributed by atoms with Gasteiger partial charge in [0.1, 0.15) is 6.10 Å². The molecule has 106 valence electrons. The lowest BCUT2D eigenvalue weighted by atomic mass is 9.79. The Bertz CT molecular complexity index is 436. The minimum absolute atomic E-state index is 0.00123. The maximum Gasteiger partial charge on any atom is 0.309 e. The number of carbonyl (C=O) groups excluding carboxylic acids is 1. The molecule has 3 aliphatic heterocycles. The van der Waals surface area contributed by atoms with Gasteiger partial charge in [-0.05, 0) is 33.1 Å². The van der Waals surface area contributed by atoms with Crippen molar-refractivity contribution in [2.45, 2.75) is 76.0 Å². The number of esters is 1. The molecule has 4 aliphatic rings. The molecule has 4 nitrogen and oxygen atoms in total. The molecule has 19 heavy (non-hydrogen) atoms. The van der Waals surface area contributed by atoms with Gasteiger partial charge >= 0.3 is 5.97 Å². The lowest BCUT2D eigenvalue weighted by Crippen LogP contribution is -2.30. The van der Waals surface area contributed by atoms with E-state index in [1.54, 1.807) is 0 Å². The van der Waals surface area contributed by atoms with Crippen LogP contribution in [0.5, 0.6) is 0 Å². The summed E-state index contributed by atoms with van der Waals surface area (Å²) in [5.74, 6) is 0.246. The van der Waals surface area contributed by atoms with Gasteiger partial charge < -0.3 is 14.2 Å². The van der Waals surface area contributed by atoms with Gasteiger partial charge in [-0.1, -0.05) is 6.92 Å². The zero-order chi connectivity index (χ0) is 13.4. The van der Waals surface area contributed by atoms with E-state index in [0.717, 1.165) is 25.7 Å². The first kappa shape index (κ1) is 12.2. The molecule has 1 saturated carbocycles. The Morgan fingerprint density at radius 1 is 1.16 bits per heavy atom. The minimum Gasteiger partial charge on any atom is -0.462 e. The lowest BCUT2D eigenvalue weighted by Gasteiger charge is -2.22. The standard InChI is InChI=1S/C15H22O4/c1-8-9-6-12-14(2,19-12)5-4-11-15(3,18-11)7-10(9)17-13(8)16/h8-12H,4-7H2,1-3H3/t8-,9-,10+,11+,12-,14+,15-/m0/s1. The molecular weight excluding hydrogens is 244 g/mol. The Balaban J connectivity index is 1.60. The van der Waals surface area contributed by atoms with Crippen molar-refractivity contribution >= 4 is 5.97 Å². The van der Waals surface area contributed by atoms with Crippen molar-refractivity contribution < 1.29 is 19.0 Å². The number of fused-ring (bicyclic) bond motifs is 3. The van der Waals surface area contributed by atoms with Crippen LogP contribution in [0.3, 0.4) is 0 Å². The molecule has 0 unspecified atom stereocenters. The smallest absolute Gasteiger partial charge is 0.309 e. The average Bonchev–Trinajstić information content (AvgIpc) is 3.15. The molecule has 0 N–H and O–H groups in total. The van der Waals surface area contributed by atoms with Crippen LogP contribution < -0.4 is 0 Å². The fourth-order valence-electron chi connectivity index (χ4n) is 4.10. The van der Waals surface area contributed by atoms with Gasteiger partial charge in [0, 0.05) is 12.3 Å². The maximum atomic E-state index is 11.9. The molecule has 3 heterocycles. The van der Waals surface area contributed by atoms with Crippen molar-refractivity contribution in [1.29, 1.82) is 0 Å². The first-order chi connectivity index (χ1) is 8.91. The summed E-state index contributed by atoms with van der Waals surface area (Å²) in [6, 6.07) is 0. The Kier molecular flexibility index (Phi) is 2.26. The van der Waals surface area contributed by atoms with Gasteiger partial charge in [0.05, 0.1) is 29.3 Å². The highest BCUT2D eigenvalue weighted by Crippen LogP contribution is 2.54. The van der Waals surface area contributed by atoms with E-state index in [9.17, 15) is 4.79 Å². The van der Waals surface area contributed by atoms with Crippen molar-refractivity contribution in [3.63, 3.8) is 0 Å². The molecule has 0 aromatic rings. The van der Waals surface area contributed by atoms with E-state index in [2.05, 4.69) is 13.8 Å². The van der Waals surface area contributed by atoms with E-state index < -0.39 is 0 Å². The van der Waals surface area contributed by atoms with Gasteiger partial charge in [-0.3, -0.25) is 4.79 Å². The Morgan fingerprint density at radius 3 is 2.68 bits per heavy atom. The first-order valence-corrected chi connectivity index (χ1v) is 7.47. The van der Waals surface area contributed by atoms with Gasteiger partial charge in [-0.15, -0.1) is 0 Å². The second kappa shape index (κ2) is 3.53. The van der Waals surface area contributed by atoms with E-state index >= 15 is 0 Å². The van der Waals surface area contributed by atoms with Gasteiger partial charge in [0.15, 0.2) is 0 Å².